The number of hydrogen-bond donors (Lipinski definition) is 8. The van der Waals surface area contributed by atoms with Gasteiger partial charge < -0.3 is 37.2 Å². The minimum Gasteiger partial charge on any atom is -0.384 e. The zero-order chi connectivity index (χ0) is 55.9. The van der Waals surface area contributed by atoms with Crippen LogP contribution in [-0.2, 0) is 30.1 Å². The zero-order valence-corrected chi connectivity index (χ0v) is 42.3. The van der Waals surface area contributed by atoms with Crippen LogP contribution in [0.1, 0.15) is 117 Å². The average molecular weight is 1070 g/mol. The number of benzene rings is 4. The van der Waals surface area contributed by atoms with Gasteiger partial charge in [-0.1, -0.05) is 56.5 Å². The third-order valence-electron chi connectivity index (χ3n) is 12.7. The summed E-state index contributed by atoms with van der Waals surface area (Å²) in [5.41, 5.74) is 1.70. The van der Waals surface area contributed by atoms with Crippen molar-refractivity contribution in [3.8, 4) is 0 Å². The fourth-order valence-electron chi connectivity index (χ4n) is 8.61. The van der Waals surface area contributed by atoms with E-state index in [1.54, 1.807) is 55.5 Å². The second-order valence-electron chi connectivity index (χ2n) is 18.4. The topological polar surface area (TPSA) is 279 Å². The molecule has 20 nitrogen and oxygen atoms in total. The first-order chi connectivity index (χ1) is 37.4. The number of halogens is 3. The molecule has 1 fully saturated rings. The number of anilines is 6. The molecule has 7 rings (SSSR count). The Morgan fingerprint density at radius 2 is 1.45 bits per heavy atom. The number of amides is 9. The number of aromatic nitrogens is 2. The second kappa shape index (κ2) is 26.0. The SMILES string of the molecule is C=CC(=O)N[C@@H](CCC(=O)NCCCCCCCCNc1cccc2c1C(=O)N(C1CCC(=O)NC1=O)C2=O)C(=O)Nc1cccc(Nc2ncc(NC(=O)c3cc(NC(=O)c4cccc(C(F)(F)F)c4)ccc3C)cn2)c1. The van der Waals surface area contributed by atoms with Crippen molar-refractivity contribution in [1.82, 2.24) is 30.8 Å². The molecule has 0 bridgehead atoms. The predicted molar refractivity (Wildman–Crippen MR) is 283 cm³/mol. The molecule has 2 aliphatic rings. The van der Waals surface area contributed by atoms with E-state index in [0.29, 0.717) is 35.7 Å². The molecule has 1 aromatic heterocycles. The fourth-order valence-corrected chi connectivity index (χ4v) is 8.61. The average Bonchev–Trinajstić information content (AvgIpc) is 3.67. The van der Waals surface area contributed by atoms with Gasteiger partial charge in [0.2, 0.25) is 35.5 Å². The van der Waals surface area contributed by atoms with Crippen molar-refractivity contribution >= 4 is 87.5 Å². The van der Waals surface area contributed by atoms with Crippen LogP contribution in [-0.4, -0.2) is 93.2 Å². The summed E-state index contributed by atoms with van der Waals surface area (Å²) in [5.74, 6) is -4.92. The number of rotatable bonds is 24. The molecular weight excluding hydrogens is 1020 g/mol. The number of carbonyl (C=O) groups is 9. The monoisotopic (exact) mass is 1070 g/mol. The normalized spacial score (nSPS) is 14.4. The molecule has 406 valence electrons. The van der Waals surface area contributed by atoms with Crippen molar-refractivity contribution in [3.63, 3.8) is 0 Å². The molecule has 1 unspecified atom stereocenters. The Bertz CT molecular complexity index is 3130. The molecule has 0 saturated carbocycles. The lowest BCUT2D eigenvalue weighted by atomic mass is 10.0. The van der Waals surface area contributed by atoms with Crippen LogP contribution in [0, 0.1) is 6.92 Å². The highest BCUT2D eigenvalue weighted by atomic mass is 19.4. The van der Waals surface area contributed by atoms with Crippen LogP contribution in [0.15, 0.2) is 110 Å². The number of piperidine rings is 1. The number of carbonyl (C=O) groups excluding carboxylic acids is 9. The number of unbranched alkanes of at least 4 members (excludes halogenated alkanes) is 5. The summed E-state index contributed by atoms with van der Waals surface area (Å²) in [5, 5.41) is 21.9. The summed E-state index contributed by atoms with van der Waals surface area (Å²) in [7, 11) is 0. The summed E-state index contributed by atoms with van der Waals surface area (Å²) in [6, 6.07) is 17.8. The van der Waals surface area contributed by atoms with E-state index in [1.807, 2.05) is 0 Å². The predicted octanol–water partition coefficient (Wildman–Crippen LogP) is 7.41. The number of aryl methyl sites for hydroxylation is 1. The van der Waals surface area contributed by atoms with Gasteiger partial charge in [-0.05, 0) is 105 Å². The maximum Gasteiger partial charge on any atom is 0.416 e. The van der Waals surface area contributed by atoms with E-state index in [9.17, 15) is 56.3 Å². The summed E-state index contributed by atoms with van der Waals surface area (Å²) in [4.78, 5) is 124. The van der Waals surface area contributed by atoms with E-state index in [1.165, 1.54) is 30.6 Å². The van der Waals surface area contributed by atoms with Gasteiger partial charge in [-0.2, -0.15) is 13.2 Å². The molecule has 8 N–H and O–H groups in total. The minimum absolute atomic E-state index is 0.000823. The Labute approximate surface area is 445 Å². The van der Waals surface area contributed by atoms with Crippen molar-refractivity contribution < 1.29 is 56.3 Å². The van der Waals surface area contributed by atoms with Crippen LogP contribution in [0.25, 0.3) is 0 Å². The Morgan fingerprint density at radius 1 is 0.769 bits per heavy atom. The summed E-state index contributed by atoms with van der Waals surface area (Å²) in [6.07, 6.45) is 4.28. The summed E-state index contributed by atoms with van der Waals surface area (Å²) in [6.45, 7) is 6.10. The highest BCUT2D eigenvalue weighted by Gasteiger charge is 2.45. The van der Waals surface area contributed by atoms with Crippen LogP contribution in [0.3, 0.4) is 0 Å². The van der Waals surface area contributed by atoms with Crippen LogP contribution >= 0.6 is 0 Å². The molecule has 3 heterocycles. The molecular formula is C55H56F3N11O9. The van der Waals surface area contributed by atoms with Gasteiger partial charge in [0.25, 0.3) is 23.6 Å². The number of imide groups is 2. The first kappa shape index (κ1) is 56.4. The largest absolute Gasteiger partial charge is 0.416 e. The lowest BCUT2D eigenvalue weighted by molar-refractivity contribution is -0.138. The van der Waals surface area contributed by atoms with Gasteiger partial charge in [-0.25, -0.2) is 9.97 Å². The van der Waals surface area contributed by atoms with Crippen molar-refractivity contribution in [1.29, 1.82) is 0 Å². The van der Waals surface area contributed by atoms with E-state index in [0.717, 1.165) is 67.7 Å². The van der Waals surface area contributed by atoms with Crippen molar-refractivity contribution in [3.05, 3.63) is 143 Å². The lowest BCUT2D eigenvalue weighted by Gasteiger charge is -2.27. The van der Waals surface area contributed by atoms with E-state index >= 15 is 0 Å². The molecule has 2 aliphatic heterocycles. The van der Waals surface area contributed by atoms with E-state index in [-0.39, 0.29) is 71.2 Å². The number of nitrogens with zero attached hydrogens (tertiary/aromatic N) is 3. The molecule has 9 amide bonds. The third-order valence-corrected chi connectivity index (χ3v) is 12.7. The van der Waals surface area contributed by atoms with Gasteiger partial charge in [0.05, 0.1) is 34.8 Å². The molecule has 5 aromatic rings. The Kier molecular flexibility index (Phi) is 18.8. The zero-order valence-electron chi connectivity index (χ0n) is 42.3. The minimum atomic E-state index is -4.63. The standard InChI is InChI=1S/C55H56F3N11O9/c1-3-44(70)67-42(21-23-45(71)60-26-9-7-5-4-6-8-25-59-41-18-12-17-39-47(41)53(78)69(52(39)77)43-22-24-46(72)68-51(43)76)50(75)64-35-15-11-16-36(28-35)66-54-61-30-38(31-62-54)65-49(74)40-29-37(20-19-32(40)2)63-48(73)33-13-10-14-34(27-33)55(56,57)58/h3,10-20,27-31,42-43,59H,1,4-9,21-26H2,2H3,(H,60,71)(H,63,73)(H,64,75)(H,65,74)(H,67,70)(H,61,62,66)(H,68,72,76)/t42-,43?/m0/s1. The molecule has 0 spiro atoms. The van der Waals surface area contributed by atoms with Crippen LogP contribution in [0.5, 0.6) is 0 Å². The van der Waals surface area contributed by atoms with Crippen molar-refractivity contribution in [2.24, 2.45) is 0 Å². The summed E-state index contributed by atoms with van der Waals surface area (Å²) < 4.78 is 39.6. The maximum absolute atomic E-state index is 13.4. The number of nitrogens with one attached hydrogen (secondary N) is 8. The molecule has 1 saturated heterocycles. The quantitative estimate of drug-likeness (QED) is 0.0170. The molecule has 78 heavy (non-hydrogen) atoms. The van der Waals surface area contributed by atoms with Gasteiger partial charge in [0.15, 0.2) is 0 Å². The molecule has 23 heteroatoms. The van der Waals surface area contributed by atoms with Crippen LogP contribution < -0.4 is 42.5 Å². The smallest absolute Gasteiger partial charge is 0.384 e. The van der Waals surface area contributed by atoms with E-state index in [2.05, 4.69) is 59.1 Å². The number of alkyl halides is 3. The van der Waals surface area contributed by atoms with E-state index in [4.69, 9.17) is 0 Å². The Morgan fingerprint density at radius 3 is 2.18 bits per heavy atom. The highest BCUT2D eigenvalue weighted by Crippen LogP contribution is 2.33. The maximum atomic E-state index is 13.4. The number of hydrogen-bond acceptors (Lipinski definition) is 13. The van der Waals surface area contributed by atoms with E-state index < -0.39 is 71.1 Å². The van der Waals surface area contributed by atoms with Gasteiger partial charge in [-0.3, -0.25) is 53.4 Å². The van der Waals surface area contributed by atoms with Gasteiger partial charge >= 0.3 is 6.18 Å². The Balaban J connectivity index is 0.800. The first-order valence-electron chi connectivity index (χ1n) is 25.1. The highest BCUT2D eigenvalue weighted by molar-refractivity contribution is 6.25. The fraction of sp³-hybridized carbons (Fsp3) is 0.291. The lowest BCUT2D eigenvalue weighted by Crippen LogP contribution is -2.54. The van der Waals surface area contributed by atoms with Gasteiger partial charge in [0.1, 0.15) is 12.1 Å². The van der Waals surface area contributed by atoms with Crippen LogP contribution in [0.4, 0.5) is 47.6 Å². The number of fused-ring (bicyclic) bond motifs is 1. The molecule has 0 aliphatic carbocycles. The molecule has 4 aromatic carbocycles. The summed E-state index contributed by atoms with van der Waals surface area (Å²) >= 11 is 0. The van der Waals surface area contributed by atoms with Crippen molar-refractivity contribution in [2.45, 2.75) is 89.4 Å². The Hall–Kier alpha value is -9.28. The van der Waals surface area contributed by atoms with Crippen molar-refractivity contribution in [2.75, 3.05) is 39.7 Å². The van der Waals surface area contributed by atoms with Crippen LogP contribution in [0.2, 0.25) is 0 Å². The molecule has 0 radical (unpaired) electrons. The molecule has 2 atom stereocenters. The second-order valence-corrected chi connectivity index (χ2v) is 18.4. The van der Waals surface area contributed by atoms with Gasteiger partial charge in [-0.15, -0.1) is 0 Å². The third kappa shape index (κ3) is 15.0. The first-order valence-corrected chi connectivity index (χ1v) is 25.1. The van der Waals surface area contributed by atoms with Gasteiger partial charge in [0, 0.05) is 59.8 Å².